The monoisotopic (exact) mass is 215 g/mol. The summed E-state index contributed by atoms with van der Waals surface area (Å²) in [5.41, 5.74) is 1.85. The Kier molecular flexibility index (Phi) is 3.00. The maximum Gasteiger partial charge on any atom is 0.246 e. The van der Waals surface area contributed by atoms with E-state index in [1.54, 1.807) is 10.9 Å². The van der Waals surface area contributed by atoms with Crippen LogP contribution < -0.4 is 5.32 Å². The lowest BCUT2D eigenvalue weighted by molar-refractivity contribution is -0.116. The zero-order valence-corrected chi connectivity index (χ0v) is 9.05. The number of para-hydroxylation sites is 1. The van der Waals surface area contributed by atoms with E-state index in [-0.39, 0.29) is 12.5 Å². The molecular weight excluding hydrogens is 202 g/mol. The van der Waals surface area contributed by atoms with Crippen LogP contribution in [0.5, 0.6) is 0 Å². The molecule has 1 N–H and O–H groups in total. The van der Waals surface area contributed by atoms with Crippen molar-refractivity contribution >= 4 is 11.6 Å². The molecule has 0 radical (unpaired) electrons. The van der Waals surface area contributed by atoms with Gasteiger partial charge in [-0.1, -0.05) is 18.2 Å². The summed E-state index contributed by atoms with van der Waals surface area (Å²) in [6.45, 7) is 2.18. The van der Waals surface area contributed by atoms with E-state index in [9.17, 15) is 4.79 Å². The average Bonchev–Trinajstić information content (AvgIpc) is 2.65. The second kappa shape index (κ2) is 4.61. The number of aryl methyl sites for hydroxylation is 1. The second-order valence-electron chi connectivity index (χ2n) is 3.63. The summed E-state index contributed by atoms with van der Waals surface area (Å²) in [6, 6.07) is 9.38. The molecule has 82 valence electrons. The summed E-state index contributed by atoms with van der Waals surface area (Å²) in [5, 5.41) is 6.85. The highest BCUT2D eigenvalue weighted by Gasteiger charge is 2.03. The van der Waals surface area contributed by atoms with E-state index in [4.69, 9.17) is 0 Å². The van der Waals surface area contributed by atoms with Crippen molar-refractivity contribution in [2.75, 3.05) is 5.32 Å². The van der Waals surface area contributed by atoms with Gasteiger partial charge in [-0.3, -0.25) is 9.48 Å². The highest BCUT2D eigenvalue weighted by atomic mass is 16.2. The van der Waals surface area contributed by atoms with Crippen molar-refractivity contribution < 1.29 is 4.79 Å². The normalized spacial score (nSPS) is 10.1. The standard InChI is InChI=1S/C12H13N3O/c1-10-7-13-15(8-10)9-12(16)14-11-5-3-2-4-6-11/h2-8H,9H2,1H3,(H,14,16). The van der Waals surface area contributed by atoms with Crippen LogP contribution in [0.25, 0.3) is 0 Å². The first-order valence-corrected chi connectivity index (χ1v) is 5.08. The molecule has 1 aromatic heterocycles. The molecule has 0 aliphatic rings. The lowest BCUT2D eigenvalue weighted by Crippen LogP contribution is -2.18. The van der Waals surface area contributed by atoms with Gasteiger partial charge in [0.2, 0.25) is 5.91 Å². The van der Waals surface area contributed by atoms with Crippen LogP contribution in [0.1, 0.15) is 5.56 Å². The Hall–Kier alpha value is -2.10. The number of nitrogens with zero attached hydrogens (tertiary/aromatic N) is 2. The first-order valence-electron chi connectivity index (χ1n) is 5.08. The maximum absolute atomic E-state index is 11.6. The predicted molar refractivity (Wildman–Crippen MR) is 62.0 cm³/mol. The summed E-state index contributed by atoms with van der Waals surface area (Å²) in [7, 11) is 0. The maximum atomic E-state index is 11.6. The quantitative estimate of drug-likeness (QED) is 0.849. The first-order chi connectivity index (χ1) is 7.74. The number of hydrogen-bond acceptors (Lipinski definition) is 2. The molecule has 4 heteroatoms. The Balaban J connectivity index is 1.95. The summed E-state index contributed by atoms with van der Waals surface area (Å²) >= 11 is 0. The van der Waals surface area contributed by atoms with Gasteiger partial charge in [0.05, 0.1) is 6.20 Å². The van der Waals surface area contributed by atoms with Crippen LogP contribution >= 0.6 is 0 Å². The highest BCUT2D eigenvalue weighted by Crippen LogP contribution is 2.05. The average molecular weight is 215 g/mol. The zero-order valence-electron chi connectivity index (χ0n) is 9.05. The molecule has 0 spiro atoms. The molecule has 1 heterocycles. The van der Waals surface area contributed by atoms with Crippen molar-refractivity contribution in [2.45, 2.75) is 13.5 Å². The van der Waals surface area contributed by atoms with Crippen molar-refractivity contribution in [1.82, 2.24) is 9.78 Å². The lowest BCUT2D eigenvalue weighted by atomic mass is 10.3. The van der Waals surface area contributed by atoms with E-state index < -0.39 is 0 Å². The molecule has 4 nitrogen and oxygen atoms in total. The zero-order chi connectivity index (χ0) is 11.4. The number of rotatable bonds is 3. The Labute approximate surface area is 93.9 Å². The number of hydrogen-bond donors (Lipinski definition) is 1. The summed E-state index contributed by atoms with van der Waals surface area (Å²) < 4.78 is 1.62. The third-order valence-electron chi connectivity index (χ3n) is 2.13. The fraction of sp³-hybridized carbons (Fsp3) is 0.167. The molecule has 0 unspecified atom stereocenters. The van der Waals surface area contributed by atoms with Gasteiger partial charge < -0.3 is 5.32 Å². The van der Waals surface area contributed by atoms with E-state index in [2.05, 4.69) is 10.4 Å². The highest BCUT2D eigenvalue weighted by molar-refractivity contribution is 5.90. The third kappa shape index (κ3) is 2.70. The van der Waals surface area contributed by atoms with Gasteiger partial charge in [-0.15, -0.1) is 0 Å². The van der Waals surface area contributed by atoms with Crippen molar-refractivity contribution in [3.8, 4) is 0 Å². The van der Waals surface area contributed by atoms with Gasteiger partial charge >= 0.3 is 0 Å². The van der Waals surface area contributed by atoms with Crippen LogP contribution in [0.15, 0.2) is 42.7 Å². The molecule has 1 aromatic carbocycles. The van der Waals surface area contributed by atoms with Crippen molar-refractivity contribution in [1.29, 1.82) is 0 Å². The summed E-state index contributed by atoms with van der Waals surface area (Å²) in [6.07, 6.45) is 3.57. The van der Waals surface area contributed by atoms with Gasteiger partial charge in [0.15, 0.2) is 0 Å². The SMILES string of the molecule is Cc1cnn(CC(=O)Nc2ccccc2)c1. The Bertz CT molecular complexity index is 476. The molecule has 0 bridgehead atoms. The largest absolute Gasteiger partial charge is 0.324 e. The summed E-state index contributed by atoms with van der Waals surface area (Å²) in [5.74, 6) is -0.0747. The molecule has 0 aliphatic heterocycles. The Morgan fingerprint density at radius 1 is 1.38 bits per heavy atom. The Morgan fingerprint density at radius 3 is 2.75 bits per heavy atom. The first kappa shape index (κ1) is 10.4. The number of nitrogens with one attached hydrogen (secondary N) is 1. The van der Waals surface area contributed by atoms with Crippen LogP contribution in [0.4, 0.5) is 5.69 Å². The van der Waals surface area contributed by atoms with Gasteiger partial charge in [0.25, 0.3) is 0 Å². The number of aromatic nitrogens is 2. The number of carbonyl (C=O) groups is 1. The summed E-state index contributed by atoms with van der Waals surface area (Å²) in [4.78, 5) is 11.6. The van der Waals surface area contributed by atoms with Crippen LogP contribution in [-0.2, 0) is 11.3 Å². The van der Waals surface area contributed by atoms with E-state index in [0.717, 1.165) is 11.3 Å². The second-order valence-corrected chi connectivity index (χ2v) is 3.63. The molecule has 16 heavy (non-hydrogen) atoms. The topological polar surface area (TPSA) is 46.9 Å². The molecule has 0 aliphatic carbocycles. The lowest BCUT2D eigenvalue weighted by Gasteiger charge is -2.04. The molecule has 0 atom stereocenters. The van der Waals surface area contributed by atoms with Crippen LogP contribution in [0.2, 0.25) is 0 Å². The van der Waals surface area contributed by atoms with E-state index in [1.807, 2.05) is 43.5 Å². The van der Waals surface area contributed by atoms with E-state index in [0.29, 0.717) is 0 Å². The minimum atomic E-state index is -0.0747. The van der Waals surface area contributed by atoms with Gasteiger partial charge in [-0.2, -0.15) is 5.10 Å². The number of anilines is 1. The molecule has 0 saturated heterocycles. The number of amides is 1. The van der Waals surface area contributed by atoms with Crippen molar-refractivity contribution in [3.63, 3.8) is 0 Å². The van der Waals surface area contributed by atoms with Crippen LogP contribution in [-0.4, -0.2) is 15.7 Å². The minimum absolute atomic E-state index is 0.0747. The molecule has 2 aromatic rings. The molecular formula is C12H13N3O. The molecule has 0 fully saturated rings. The fourth-order valence-electron chi connectivity index (χ4n) is 1.42. The van der Waals surface area contributed by atoms with Gasteiger partial charge in [-0.25, -0.2) is 0 Å². The van der Waals surface area contributed by atoms with Crippen LogP contribution in [0, 0.1) is 6.92 Å². The number of carbonyl (C=O) groups excluding carboxylic acids is 1. The number of benzene rings is 1. The van der Waals surface area contributed by atoms with E-state index in [1.165, 1.54) is 0 Å². The predicted octanol–water partition coefficient (Wildman–Crippen LogP) is 1.83. The van der Waals surface area contributed by atoms with Gasteiger partial charge in [0.1, 0.15) is 6.54 Å². The van der Waals surface area contributed by atoms with Gasteiger partial charge in [-0.05, 0) is 24.6 Å². The van der Waals surface area contributed by atoms with Crippen LogP contribution in [0.3, 0.4) is 0 Å². The molecule has 1 amide bonds. The fourth-order valence-corrected chi connectivity index (χ4v) is 1.42. The molecule has 0 saturated carbocycles. The van der Waals surface area contributed by atoms with Crippen molar-refractivity contribution in [2.24, 2.45) is 0 Å². The molecule has 2 rings (SSSR count). The minimum Gasteiger partial charge on any atom is -0.324 e. The van der Waals surface area contributed by atoms with E-state index >= 15 is 0 Å². The smallest absolute Gasteiger partial charge is 0.246 e. The van der Waals surface area contributed by atoms with Gasteiger partial charge in [0, 0.05) is 11.9 Å². The van der Waals surface area contributed by atoms with Crippen molar-refractivity contribution in [3.05, 3.63) is 48.3 Å². The third-order valence-corrected chi connectivity index (χ3v) is 2.13. The Morgan fingerprint density at radius 2 is 2.12 bits per heavy atom.